The molecule has 0 aromatic heterocycles. The van der Waals surface area contributed by atoms with E-state index in [1.165, 1.54) is 18.1 Å². The number of alkyl halides is 5. The van der Waals surface area contributed by atoms with Crippen LogP contribution in [0.15, 0.2) is 48.5 Å². The van der Waals surface area contributed by atoms with E-state index < -0.39 is 57.8 Å². The fourth-order valence-electron chi connectivity index (χ4n) is 4.20. The summed E-state index contributed by atoms with van der Waals surface area (Å²) in [5.41, 5.74) is -2.01. The van der Waals surface area contributed by atoms with E-state index in [1.54, 1.807) is 6.07 Å². The molecule has 0 saturated carbocycles. The fraction of sp³-hybridized carbons (Fsp3) is 0.241. The number of hydrogen-bond donors (Lipinski definition) is 0. The van der Waals surface area contributed by atoms with E-state index in [0.717, 1.165) is 55.0 Å². The molecule has 0 heterocycles. The number of rotatable bonds is 7. The molecule has 0 aliphatic heterocycles. The lowest BCUT2D eigenvalue weighted by molar-refractivity contribution is -0.189. The molecule has 0 saturated heterocycles. The average Bonchev–Trinajstić information content (AvgIpc) is 2.82. The zero-order chi connectivity index (χ0) is 28.5. The standard InChI is InChI=1S/C29H19F9O/c1-2-3-4-5-16-6-8-21-17(12-16)15-24(31)25(27(21)33)29(37,38)39-19-7-9-20-18(13-19)14-23(30)22(26(20)32)10-11-28(34,35)36/h6-9,12-15H,2-5H2,1H3. The predicted octanol–water partition coefficient (Wildman–Crippen LogP) is 9.32. The number of aryl methyl sites for hydroxylation is 1. The van der Waals surface area contributed by atoms with Crippen molar-refractivity contribution in [2.75, 3.05) is 0 Å². The Balaban J connectivity index is 1.68. The first-order valence-corrected chi connectivity index (χ1v) is 11.8. The molecule has 10 heteroatoms. The van der Waals surface area contributed by atoms with Crippen LogP contribution in [0.4, 0.5) is 39.5 Å². The highest BCUT2D eigenvalue weighted by atomic mass is 19.4. The van der Waals surface area contributed by atoms with Gasteiger partial charge in [-0.2, -0.15) is 22.0 Å². The van der Waals surface area contributed by atoms with Crippen LogP contribution < -0.4 is 4.74 Å². The van der Waals surface area contributed by atoms with Crippen molar-refractivity contribution in [1.82, 2.24) is 0 Å². The number of halogens is 9. The van der Waals surface area contributed by atoms with Crippen LogP contribution in [0.2, 0.25) is 0 Å². The van der Waals surface area contributed by atoms with Gasteiger partial charge in [0.2, 0.25) is 0 Å². The van der Waals surface area contributed by atoms with Crippen molar-refractivity contribution in [3.63, 3.8) is 0 Å². The number of hydrogen-bond acceptors (Lipinski definition) is 1. The molecule has 39 heavy (non-hydrogen) atoms. The maximum atomic E-state index is 15.1. The van der Waals surface area contributed by atoms with Crippen molar-refractivity contribution in [2.45, 2.75) is 44.9 Å². The smallest absolute Gasteiger partial charge is 0.429 e. The third kappa shape index (κ3) is 6.08. The number of benzene rings is 4. The second-order valence-corrected chi connectivity index (χ2v) is 8.86. The van der Waals surface area contributed by atoms with E-state index in [1.807, 2.05) is 6.92 Å². The van der Waals surface area contributed by atoms with Gasteiger partial charge in [0.25, 0.3) is 0 Å². The average molecular weight is 554 g/mol. The van der Waals surface area contributed by atoms with Crippen molar-refractivity contribution in [2.24, 2.45) is 0 Å². The SMILES string of the molecule is CCCCCc1ccc2c(F)c(C(F)(F)Oc3ccc4c(F)c(C#CC(F)(F)F)c(F)cc4c3)c(F)cc2c1. The molecule has 0 aliphatic rings. The molecule has 4 aromatic carbocycles. The topological polar surface area (TPSA) is 9.23 Å². The van der Waals surface area contributed by atoms with Gasteiger partial charge in [-0.05, 0) is 59.5 Å². The Hall–Kier alpha value is -3.87. The summed E-state index contributed by atoms with van der Waals surface area (Å²) >= 11 is 0. The second kappa shape index (κ2) is 10.7. The normalized spacial score (nSPS) is 12.1. The molecule has 1 nitrogen and oxygen atoms in total. The molecule has 204 valence electrons. The molecule has 4 rings (SSSR count). The Bertz CT molecular complexity index is 1610. The van der Waals surface area contributed by atoms with Crippen LogP contribution in [0.5, 0.6) is 5.75 Å². The quantitative estimate of drug-likeness (QED) is 0.126. The largest absolute Gasteiger partial charge is 0.458 e. The van der Waals surface area contributed by atoms with Crippen LogP contribution in [0.25, 0.3) is 21.5 Å². The van der Waals surface area contributed by atoms with E-state index in [0.29, 0.717) is 12.5 Å². The van der Waals surface area contributed by atoms with Gasteiger partial charge in [-0.25, -0.2) is 17.6 Å². The van der Waals surface area contributed by atoms with Gasteiger partial charge in [0.15, 0.2) is 0 Å². The van der Waals surface area contributed by atoms with Crippen LogP contribution in [-0.2, 0) is 12.5 Å². The molecule has 0 bridgehead atoms. The summed E-state index contributed by atoms with van der Waals surface area (Å²) in [7, 11) is 0. The molecule has 0 atom stereocenters. The summed E-state index contributed by atoms with van der Waals surface area (Å²) in [6, 6.07) is 8.16. The molecule has 0 amide bonds. The minimum Gasteiger partial charge on any atom is -0.429 e. The lowest BCUT2D eigenvalue weighted by Crippen LogP contribution is -2.25. The summed E-state index contributed by atoms with van der Waals surface area (Å²) in [5.74, 6) is -4.57. The van der Waals surface area contributed by atoms with E-state index >= 15 is 13.2 Å². The van der Waals surface area contributed by atoms with Gasteiger partial charge in [0.1, 0.15) is 34.6 Å². The lowest BCUT2D eigenvalue weighted by atomic mass is 9.99. The van der Waals surface area contributed by atoms with Crippen molar-refractivity contribution in [3.8, 4) is 17.6 Å². The van der Waals surface area contributed by atoms with Crippen molar-refractivity contribution in [1.29, 1.82) is 0 Å². The molecule has 4 aromatic rings. The highest BCUT2D eigenvalue weighted by Crippen LogP contribution is 2.39. The molecule has 0 aliphatic carbocycles. The third-order valence-electron chi connectivity index (χ3n) is 6.03. The van der Waals surface area contributed by atoms with Crippen LogP contribution in [0.3, 0.4) is 0 Å². The highest BCUT2D eigenvalue weighted by Gasteiger charge is 2.42. The maximum Gasteiger partial charge on any atom is 0.458 e. The molecule has 0 spiro atoms. The lowest BCUT2D eigenvalue weighted by Gasteiger charge is -2.20. The van der Waals surface area contributed by atoms with E-state index in [-0.39, 0.29) is 16.2 Å². The molecule has 0 fully saturated rings. The minimum atomic E-state index is -5.00. The van der Waals surface area contributed by atoms with E-state index in [2.05, 4.69) is 4.74 Å². The minimum absolute atomic E-state index is 0.0969. The van der Waals surface area contributed by atoms with Crippen LogP contribution in [0.1, 0.15) is 42.9 Å². The van der Waals surface area contributed by atoms with Crippen molar-refractivity contribution >= 4 is 21.5 Å². The molecular weight excluding hydrogens is 535 g/mol. The maximum absolute atomic E-state index is 15.1. The predicted molar refractivity (Wildman–Crippen MR) is 128 cm³/mol. The van der Waals surface area contributed by atoms with Gasteiger partial charge in [-0.3, -0.25) is 0 Å². The summed E-state index contributed by atoms with van der Waals surface area (Å²) in [5, 5.41) is -0.939. The van der Waals surface area contributed by atoms with Gasteiger partial charge < -0.3 is 4.74 Å². The first-order chi connectivity index (χ1) is 18.3. The van der Waals surface area contributed by atoms with E-state index in [9.17, 15) is 26.3 Å². The summed E-state index contributed by atoms with van der Waals surface area (Å²) in [4.78, 5) is 0. The molecule has 0 unspecified atom stereocenters. The third-order valence-corrected chi connectivity index (χ3v) is 6.03. The molecule has 0 N–H and O–H groups in total. The number of ether oxygens (including phenoxy) is 1. The highest BCUT2D eigenvalue weighted by molar-refractivity contribution is 5.87. The second-order valence-electron chi connectivity index (χ2n) is 8.86. The molecular formula is C29H19F9O. The number of fused-ring (bicyclic) bond motifs is 2. The Kier molecular flexibility index (Phi) is 7.73. The van der Waals surface area contributed by atoms with Gasteiger partial charge >= 0.3 is 12.3 Å². The van der Waals surface area contributed by atoms with Crippen LogP contribution in [0, 0.1) is 35.1 Å². The van der Waals surface area contributed by atoms with Gasteiger partial charge in [0.05, 0.1) is 5.56 Å². The first kappa shape index (κ1) is 28.1. The van der Waals surface area contributed by atoms with Gasteiger partial charge in [-0.15, -0.1) is 0 Å². The van der Waals surface area contributed by atoms with Gasteiger partial charge in [0, 0.05) is 16.7 Å². The molecule has 0 radical (unpaired) electrons. The monoisotopic (exact) mass is 554 g/mol. The first-order valence-electron chi connectivity index (χ1n) is 11.8. The number of unbranched alkanes of at least 4 members (excludes halogenated alkanes) is 2. The Morgan fingerprint density at radius 1 is 0.744 bits per heavy atom. The van der Waals surface area contributed by atoms with E-state index in [4.69, 9.17) is 0 Å². The van der Waals surface area contributed by atoms with Crippen molar-refractivity contribution < 1.29 is 44.3 Å². The summed E-state index contributed by atoms with van der Waals surface area (Å²) < 4.78 is 130. The zero-order valence-electron chi connectivity index (χ0n) is 20.3. The Labute approximate surface area is 217 Å². The fourth-order valence-corrected chi connectivity index (χ4v) is 4.20. The Morgan fingerprint density at radius 2 is 1.38 bits per heavy atom. The van der Waals surface area contributed by atoms with Crippen LogP contribution in [-0.4, -0.2) is 6.18 Å². The summed E-state index contributed by atoms with van der Waals surface area (Å²) in [6.07, 6.45) is -6.07. The van der Waals surface area contributed by atoms with Crippen LogP contribution >= 0.6 is 0 Å². The Morgan fingerprint density at radius 3 is 2.08 bits per heavy atom. The van der Waals surface area contributed by atoms with Gasteiger partial charge in [-0.1, -0.05) is 43.9 Å². The summed E-state index contributed by atoms with van der Waals surface area (Å²) in [6.45, 7) is 2.02. The van der Waals surface area contributed by atoms with Crippen molar-refractivity contribution in [3.05, 3.63) is 88.5 Å². The zero-order valence-corrected chi connectivity index (χ0v) is 20.3.